The van der Waals surface area contributed by atoms with Gasteiger partial charge in [-0.3, -0.25) is 0 Å². The molecule has 0 bridgehead atoms. The van der Waals surface area contributed by atoms with Gasteiger partial charge in [0.05, 0.1) is 0 Å². The predicted octanol–water partition coefficient (Wildman–Crippen LogP) is 3.77. The molecule has 0 saturated carbocycles. The zero-order valence-corrected chi connectivity index (χ0v) is 22.7. The summed E-state index contributed by atoms with van der Waals surface area (Å²) in [7, 11) is -1.68. The molecule has 0 spiro atoms. The number of nitrogens with one attached hydrogen (secondary N) is 1. The van der Waals surface area contributed by atoms with E-state index < -0.39 is 7.26 Å². The molecule has 3 heterocycles. The second-order valence-corrected chi connectivity index (χ2v) is 16.5. The molecule has 2 aliphatic heterocycles. The van der Waals surface area contributed by atoms with Gasteiger partial charge in [0.25, 0.3) is 0 Å². The number of carbonyl (C=O) groups excluding carboxylic acids is 1. The van der Waals surface area contributed by atoms with Crippen LogP contribution in [0.4, 0.5) is 0 Å². The van der Waals surface area contributed by atoms with Gasteiger partial charge in [0.1, 0.15) is 0 Å². The summed E-state index contributed by atoms with van der Waals surface area (Å²) in [6, 6.07) is 11.3. The summed E-state index contributed by atoms with van der Waals surface area (Å²) < 4.78 is 14.1. The van der Waals surface area contributed by atoms with Crippen LogP contribution >= 0.6 is 18.9 Å². The quantitative estimate of drug-likeness (QED) is 0.492. The number of benzene rings is 2. The molecule has 5 rings (SSSR count). The monoisotopic (exact) mass is 529 g/mol. The van der Waals surface area contributed by atoms with Gasteiger partial charge in [-0.2, -0.15) is 0 Å². The Hall–Kier alpha value is -2.44. The van der Waals surface area contributed by atoms with Crippen LogP contribution in [0.2, 0.25) is 5.02 Å². The van der Waals surface area contributed by atoms with Crippen molar-refractivity contribution in [2.45, 2.75) is 25.5 Å². The van der Waals surface area contributed by atoms with E-state index in [4.69, 9.17) is 21.1 Å². The maximum atomic E-state index is 13.6. The molecule has 1 saturated heterocycles. The Morgan fingerprint density at radius 1 is 1.11 bits per heavy atom. The van der Waals surface area contributed by atoms with Crippen LogP contribution in [0, 0.1) is 0 Å². The summed E-state index contributed by atoms with van der Waals surface area (Å²) in [6.07, 6.45) is 1.71. The molecule has 2 aliphatic rings. The third-order valence-electron chi connectivity index (χ3n) is 6.91. The Balaban J connectivity index is 1.53. The summed E-state index contributed by atoms with van der Waals surface area (Å²) in [4.78, 5) is 29.1. The van der Waals surface area contributed by atoms with E-state index in [9.17, 15) is 9.59 Å². The first-order valence-corrected chi connectivity index (χ1v) is 16.3. The van der Waals surface area contributed by atoms with Gasteiger partial charge in [-0.1, -0.05) is 11.6 Å². The first-order chi connectivity index (χ1) is 17.2. The number of halogens is 1. The van der Waals surface area contributed by atoms with Crippen molar-refractivity contribution < 1.29 is 14.3 Å². The number of morpholine rings is 1. The Morgan fingerprint density at radius 2 is 1.83 bits per heavy atom. The summed E-state index contributed by atoms with van der Waals surface area (Å²) in [5.74, 6) is 0.399. The third-order valence-corrected chi connectivity index (χ3v) is 9.40. The van der Waals surface area contributed by atoms with Crippen molar-refractivity contribution in [2.24, 2.45) is 0 Å². The molecular weight excluding hydrogens is 497 g/mol. The SMILES string of the molecule is C[PH](C)(C)C1Cn2cc(C(=O)NCc3ccc(Cl)cc3)c(=O)c3cc(CN4CCOCC4)cc(c32)O1. The number of hydrogen-bond acceptors (Lipinski definition) is 5. The van der Waals surface area contributed by atoms with Crippen LogP contribution in [0.1, 0.15) is 21.5 Å². The molecule has 7 nitrogen and oxygen atoms in total. The molecule has 1 amide bonds. The molecule has 1 N–H and O–H groups in total. The third kappa shape index (κ3) is 5.30. The Morgan fingerprint density at radius 3 is 2.53 bits per heavy atom. The van der Waals surface area contributed by atoms with E-state index in [-0.39, 0.29) is 22.7 Å². The molecule has 36 heavy (non-hydrogen) atoms. The fourth-order valence-corrected chi connectivity index (χ4v) is 6.11. The normalized spacial score (nSPS) is 18.6. The molecule has 1 unspecified atom stereocenters. The fraction of sp³-hybridized carbons (Fsp3) is 0.407. The Kier molecular flexibility index (Phi) is 7.10. The van der Waals surface area contributed by atoms with Crippen LogP contribution in [0.5, 0.6) is 5.75 Å². The molecule has 0 radical (unpaired) electrons. The van der Waals surface area contributed by atoms with Crippen molar-refractivity contribution in [2.75, 3.05) is 46.3 Å². The van der Waals surface area contributed by atoms with E-state index in [1.54, 1.807) is 18.3 Å². The number of ether oxygens (including phenoxy) is 2. The van der Waals surface area contributed by atoms with Crippen molar-refractivity contribution in [1.82, 2.24) is 14.8 Å². The van der Waals surface area contributed by atoms with E-state index in [0.717, 1.165) is 35.5 Å². The second-order valence-electron chi connectivity index (χ2n) is 10.7. The van der Waals surface area contributed by atoms with Gasteiger partial charge in [0.2, 0.25) is 0 Å². The van der Waals surface area contributed by atoms with E-state index in [1.165, 1.54) is 0 Å². The molecule has 9 heteroatoms. The van der Waals surface area contributed by atoms with Crippen molar-refractivity contribution in [1.29, 1.82) is 0 Å². The number of nitrogens with zero attached hydrogens (tertiary/aromatic N) is 2. The molecule has 1 aromatic heterocycles. The maximum absolute atomic E-state index is 13.6. The second kappa shape index (κ2) is 10.1. The van der Waals surface area contributed by atoms with E-state index in [0.29, 0.717) is 43.3 Å². The number of rotatable bonds is 6. The van der Waals surface area contributed by atoms with Gasteiger partial charge in [-0.25, -0.2) is 0 Å². The van der Waals surface area contributed by atoms with Crippen LogP contribution in [0.15, 0.2) is 47.4 Å². The molecule has 192 valence electrons. The standard InChI is InChI=1S/C27H33ClN3O4P/c1-36(2,3)24-17-31-16-22(27(33)29-14-18-4-6-20(28)7-5-18)26(32)21-12-19(13-23(35-24)25(21)31)15-30-8-10-34-11-9-30/h4-7,12-13,16,24,36H,8-11,14-15,17H2,1-3H3,(H,29,33). The average Bonchev–Trinajstić information content (AvgIpc) is 2.85. The molecular formula is C27H33ClN3O4P. The van der Waals surface area contributed by atoms with Gasteiger partial charge >= 0.3 is 205 Å². The summed E-state index contributed by atoms with van der Waals surface area (Å²) in [5, 5.41) is 4.08. The summed E-state index contributed by atoms with van der Waals surface area (Å²) in [6.45, 7) is 11.6. The first-order valence-electron chi connectivity index (χ1n) is 12.4. The number of aromatic nitrogens is 1. The minimum absolute atomic E-state index is 0.0410. The fourth-order valence-electron chi connectivity index (χ4n) is 4.76. The summed E-state index contributed by atoms with van der Waals surface area (Å²) >= 11 is 5.97. The van der Waals surface area contributed by atoms with Crippen molar-refractivity contribution in [3.8, 4) is 5.75 Å². The van der Waals surface area contributed by atoms with Crippen LogP contribution in [-0.4, -0.2) is 67.5 Å². The Bertz CT molecular complexity index is 1340. The van der Waals surface area contributed by atoms with Gasteiger partial charge in [-0.15, -0.1) is 0 Å². The van der Waals surface area contributed by atoms with Crippen molar-refractivity contribution in [3.63, 3.8) is 0 Å². The van der Waals surface area contributed by atoms with E-state index >= 15 is 0 Å². The van der Waals surface area contributed by atoms with Gasteiger partial charge in [0, 0.05) is 0 Å². The van der Waals surface area contributed by atoms with Crippen molar-refractivity contribution in [3.05, 3.63) is 74.5 Å². The Labute approximate surface area is 216 Å². The zero-order chi connectivity index (χ0) is 25.4. The molecule has 2 aromatic carbocycles. The number of amides is 1. The van der Waals surface area contributed by atoms with Crippen molar-refractivity contribution >= 4 is 35.7 Å². The zero-order valence-electron chi connectivity index (χ0n) is 21.0. The van der Waals surface area contributed by atoms with E-state index in [1.807, 2.05) is 22.8 Å². The molecule has 0 aliphatic carbocycles. The summed E-state index contributed by atoms with van der Waals surface area (Å²) in [5.41, 5.74) is 2.59. The van der Waals surface area contributed by atoms with Gasteiger partial charge in [-0.05, 0) is 0 Å². The van der Waals surface area contributed by atoms with E-state index in [2.05, 4.69) is 36.3 Å². The topological polar surface area (TPSA) is 72.8 Å². The predicted molar refractivity (Wildman–Crippen MR) is 147 cm³/mol. The van der Waals surface area contributed by atoms with Crippen LogP contribution in [0.25, 0.3) is 10.9 Å². The number of pyridine rings is 1. The first kappa shape index (κ1) is 25.2. The van der Waals surface area contributed by atoms with Crippen LogP contribution < -0.4 is 15.5 Å². The van der Waals surface area contributed by atoms with Gasteiger partial charge in [0.15, 0.2) is 0 Å². The molecule has 3 aromatic rings. The van der Waals surface area contributed by atoms with Crippen LogP contribution in [-0.2, 0) is 24.4 Å². The molecule has 1 atom stereocenters. The number of carbonyl (C=O) groups is 1. The van der Waals surface area contributed by atoms with Crippen LogP contribution in [0.3, 0.4) is 0 Å². The number of hydrogen-bond donors (Lipinski definition) is 1. The van der Waals surface area contributed by atoms with Gasteiger partial charge < -0.3 is 0 Å². The average molecular weight is 530 g/mol. The molecule has 1 fully saturated rings. The minimum atomic E-state index is -1.68.